The second-order valence-electron chi connectivity index (χ2n) is 3.93. The molecule has 100 valence electrons. The number of hydrogen-bond donors (Lipinski definition) is 2. The topological polar surface area (TPSA) is 79.8 Å². The number of rotatable bonds is 5. The first-order valence-electron chi connectivity index (χ1n) is 5.88. The molecule has 2 N–H and O–H groups in total. The molecular formula is C12H15N5OS. The Bertz CT molecular complexity index is 552. The molecule has 2 aromatic rings. The van der Waals surface area contributed by atoms with Gasteiger partial charge in [0.05, 0.1) is 17.4 Å². The average molecular weight is 277 g/mol. The van der Waals surface area contributed by atoms with Gasteiger partial charge in [-0.15, -0.1) is 11.3 Å². The van der Waals surface area contributed by atoms with E-state index in [2.05, 4.69) is 25.6 Å². The number of amides is 1. The second-order valence-corrected chi connectivity index (χ2v) is 4.87. The van der Waals surface area contributed by atoms with Crippen LogP contribution in [0.4, 0.5) is 5.82 Å². The highest BCUT2D eigenvalue weighted by molar-refractivity contribution is 7.09. The van der Waals surface area contributed by atoms with Crippen molar-refractivity contribution in [3.63, 3.8) is 0 Å². The molecule has 6 nitrogen and oxygen atoms in total. The Morgan fingerprint density at radius 1 is 1.37 bits per heavy atom. The van der Waals surface area contributed by atoms with Gasteiger partial charge in [-0.05, 0) is 6.92 Å². The van der Waals surface area contributed by atoms with Gasteiger partial charge in [-0.3, -0.25) is 4.79 Å². The minimum absolute atomic E-state index is 0.219. The van der Waals surface area contributed by atoms with Crippen molar-refractivity contribution in [3.05, 3.63) is 34.2 Å². The zero-order valence-electron chi connectivity index (χ0n) is 10.8. The van der Waals surface area contributed by atoms with Gasteiger partial charge in [-0.1, -0.05) is 0 Å². The molecule has 0 aromatic carbocycles. The molecule has 0 saturated heterocycles. The van der Waals surface area contributed by atoms with Crippen molar-refractivity contribution in [2.45, 2.75) is 13.3 Å². The number of carbonyl (C=O) groups excluding carboxylic acids is 1. The standard InChI is InChI=1S/C12H15N5OS/c1-8-7-19-11(17-8)3-4-14-12(18)9-5-16-10(13-2)6-15-9/h5-7H,3-4H2,1-2H3,(H,13,16)(H,14,18). The summed E-state index contributed by atoms with van der Waals surface area (Å²) >= 11 is 1.60. The quantitative estimate of drug-likeness (QED) is 0.860. The molecule has 2 rings (SSSR count). The minimum Gasteiger partial charge on any atom is -0.372 e. The maximum Gasteiger partial charge on any atom is 0.271 e. The Hall–Kier alpha value is -2.02. The Morgan fingerprint density at radius 2 is 2.21 bits per heavy atom. The molecule has 0 aliphatic carbocycles. The van der Waals surface area contributed by atoms with Gasteiger partial charge in [0.25, 0.3) is 5.91 Å². The number of aromatic nitrogens is 3. The van der Waals surface area contributed by atoms with Crippen molar-refractivity contribution in [1.82, 2.24) is 20.3 Å². The largest absolute Gasteiger partial charge is 0.372 e. The number of nitrogens with zero attached hydrogens (tertiary/aromatic N) is 3. The van der Waals surface area contributed by atoms with Crippen molar-refractivity contribution in [2.75, 3.05) is 18.9 Å². The Morgan fingerprint density at radius 3 is 2.79 bits per heavy atom. The first kappa shape index (κ1) is 13.4. The summed E-state index contributed by atoms with van der Waals surface area (Å²) in [5.41, 5.74) is 1.33. The monoisotopic (exact) mass is 277 g/mol. The highest BCUT2D eigenvalue weighted by Gasteiger charge is 2.07. The molecule has 0 aliphatic heterocycles. The van der Waals surface area contributed by atoms with Crippen molar-refractivity contribution >= 4 is 23.1 Å². The zero-order valence-corrected chi connectivity index (χ0v) is 11.6. The highest BCUT2D eigenvalue weighted by Crippen LogP contribution is 2.08. The van der Waals surface area contributed by atoms with E-state index in [1.54, 1.807) is 18.4 Å². The van der Waals surface area contributed by atoms with Crippen LogP contribution < -0.4 is 10.6 Å². The van der Waals surface area contributed by atoms with Crippen molar-refractivity contribution in [3.8, 4) is 0 Å². The summed E-state index contributed by atoms with van der Waals surface area (Å²) in [6.45, 7) is 2.50. The number of carbonyl (C=O) groups is 1. The maximum atomic E-state index is 11.8. The molecule has 0 spiro atoms. The Kier molecular flexibility index (Phi) is 4.40. The van der Waals surface area contributed by atoms with Gasteiger partial charge in [-0.2, -0.15) is 0 Å². The molecule has 0 saturated carbocycles. The molecule has 7 heteroatoms. The fourth-order valence-corrected chi connectivity index (χ4v) is 2.24. The second kappa shape index (κ2) is 6.24. The van der Waals surface area contributed by atoms with Gasteiger partial charge in [0.15, 0.2) is 0 Å². The molecular weight excluding hydrogens is 262 g/mol. The van der Waals surface area contributed by atoms with Gasteiger partial charge in [0.1, 0.15) is 11.5 Å². The van der Waals surface area contributed by atoms with E-state index in [0.717, 1.165) is 17.1 Å². The highest BCUT2D eigenvalue weighted by atomic mass is 32.1. The predicted molar refractivity (Wildman–Crippen MR) is 74.5 cm³/mol. The van der Waals surface area contributed by atoms with E-state index in [9.17, 15) is 4.79 Å². The summed E-state index contributed by atoms with van der Waals surface area (Å²) in [5, 5.41) is 8.67. The van der Waals surface area contributed by atoms with Crippen LogP contribution in [0.1, 0.15) is 21.2 Å². The third-order valence-corrected chi connectivity index (χ3v) is 3.46. The van der Waals surface area contributed by atoms with Gasteiger partial charge in [0, 0.05) is 31.1 Å². The molecule has 1 amide bonds. The van der Waals surface area contributed by atoms with E-state index >= 15 is 0 Å². The molecule has 0 bridgehead atoms. The van der Waals surface area contributed by atoms with E-state index < -0.39 is 0 Å². The Balaban J connectivity index is 1.83. The van der Waals surface area contributed by atoms with Crippen molar-refractivity contribution in [2.24, 2.45) is 0 Å². The number of hydrogen-bond acceptors (Lipinski definition) is 6. The SMILES string of the molecule is CNc1cnc(C(=O)NCCc2nc(C)cs2)cn1. The fraction of sp³-hybridized carbons (Fsp3) is 0.333. The smallest absolute Gasteiger partial charge is 0.271 e. The van der Waals surface area contributed by atoms with Crippen LogP contribution in [0.2, 0.25) is 0 Å². The van der Waals surface area contributed by atoms with Crippen LogP contribution in [0.15, 0.2) is 17.8 Å². The van der Waals surface area contributed by atoms with Gasteiger partial charge >= 0.3 is 0 Å². The van der Waals surface area contributed by atoms with Gasteiger partial charge < -0.3 is 10.6 Å². The summed E-state index contributed by atoms with van der Waals surface area (Å²) in [7, 11) is 1.75. The summed E-state index contributed by atoms with van der Waals surface area (Å²) in [5.74, 6) is 0.415. The zero-order chi connectivity index (χ0) is 13.7. The first-order valence-corrected chi connectivity index (χ1v) is 6.76. The molecule has 0 unspecified atom stereocenters. The summed E-state index contributed by atoms with van der Waals surface area (Å²) < 4.78 is 0. The van der Waals surface area contributed by atoms with E-state index in [1.165, 1.54) is 12.4 Å². The third-order valence-electron chi connectivity index (χ3n) is 2.43. The van der Waals surface area contributed by atoms with Gasteiger partial charge in [-0.25, -0.2) is 15.0 Å². The molecule has 0 radical (unpaired) electrons. The molecule has 0 aliphatic rings. The lowest BCUT2D eigenvalue weighted by molar-refractivity contribution is 0.0949. The van der Waals surface area contributed by atoms with Crippen LogP contribution in [0.3, 0.4) is 0 Å². The van der Waals surface area contributed by atoms with Crippen LogP contribution in [0, 0.1) is 6.92 Å². The number of nitrogens with one attached hydrogen (secondary N) is 2. The summed E-state index contributed by atoms with van der Waals surface area (Å²) in [6.07, 6.45) is 3.71. The average Bonchev–Trinajstić information content (AvgIpc) is 2.84. The van der Waals surface area contributed by atoms with E-state index in [-0.39, 0.29) is 5.91 Å². The molecule has 2 aromatic heterocycles. The Labute approximate surface area is 115 Å². The molecule has 0 fully saturated rings. The molecule has 0 atom stereocenters. The predicted octanol–water partition coefficient (Wildman–Crippen LogP) is 1.26. The van der Waals surface area contributed by atoms with Gasteiger partial charge in [0.2, 0.25) is 0 Å². The lowest BCUT2D eigenvalue weighted by atomic mass is 10.4. The first-order chi connectivity index (χ1) is 9.19. The third kappa shape index (κ3) is 3.72. The minimum atomic E-state index is -0.219. The fourth-order valence-electron chi connectivity index (χ4n) is 1.47. The summed E-state index contributed by atoms with van der Waals surface area (Å²) in [6, 6.07) is 0. The van der Waals surface area contributed by atoms with Crippen LogP contribution in [0.25, 0.3) is 0 Å². The number of aryl methyl sites for hydroxylation is 1. The lowest BCUT2D eigenvalue weighted by Gasteiger charge is -2.03. The van der Waals surface area contributed by atoms with Crippen LogP contribution in [-0.2, 0) is 6.42 Å². The van der Waals surface area contributed by atoms with Crippen LogP contribution >= 0.6 is 11.3 Å². The molecule has 19 heavy (non-hydrogen) atoms. The number of anilines is 1. The molecule has 2 heterocycles. The van der Waals surface area contributed by atoms with E-state index in [0.29, 0.717) is 18.1 Å². The number of thiazole rings is 1. The maximum absolute atomic E-state index is 11.8. The normalized spacial score (nSPS) is 10.2. The lowest BCUT2D eigenvalue weighted by Crippen LogP contribution is -2.26. The van der Waals surface area contributed by atoms with E-state index in [4.69, 9.17) is 0 Å². The van der Waals surface area contributed by atoms with Crippen LogP contribution in [0.5, 0.6) is 0 Å². The van der Waals surface area contributed by atoms with Crippen LogP contribution in [-0.4, -0.2) is 34.5 Å². The van der Waals surface area contributed by atoms with Crippen molar-refractivity contribution in [1.29, 1.82) is 0 Å². The summed E-state index contributed by atoms with van der Waals surface area (Å²) in [4.78, 5) is 24.2. The van der Waals surface area contributed by atoms with E-state index in [1.807, 2.05) is 12.3 Å². The van der Waals surface area contributed by atoms with Crippen molar-refractivity contribution < 1.29 is 4.79 Å².